The molecule has 0 fully saturated rings. The standard InChI is InChI=1S/C49H40Br4O7/c50-40-9-1-33(2-10-40)27-55-46-19-38(20-47(24-46)56-28-34-3-11-41(51)12-4-34)31-59-44-17-37(26-54)18-45(23-44)60-32-39-21-48(57-29-35-5-13-42(52)14-6-35)25-49(22-39)58-30-36-7-15-43(53)16-8-36/h1-25,54H,26-32H2. The monoisotopic (exact) mass is 1060 g/mol. The Labute approximate surface area is 383 Å². The first kappa shape index (κ1) is 43.3. The summed E-state index contributed by atoms with van der Waals surface area (Å²) in [5.74, 6) is 3.70. The molecule has 0 spiro atoms. The van der Waals surface area contributed by atoms with Gasteiger partial charge in [-0.3, -0.25) is 0 Å². The van der Waals surface area contributed by atoms with Crippen LogP contribution in [0.4, 0.5) is 0 Å². The Morgan fingerprint density at radius 3 is 0.683 bits per heavy atom. The molecular formula is C49H40Br4O7. The van der Waals surface area contributed by atoms with Crippen molar-refractivity contribution in [3.05, 3.63) is 208 Å². The van der Waals surface area contributed by atoms with Gasteiger partial charge in [0.05, 0.1) is 6.61 Å². The van der Waals surface area contributed by atoms with Crippen LogP contribution >= 0.6 is 63.7 Å². The van der Waals surface area contributed by atoms with Crippen LogP contribution in [0.2, 0.25) is 0 Å². The molecule has 0 saturated heterocycles. The van der Waals surface area contributed by atoms with Gasteiger partial charge in [-0.15, -0.1) is 0 Å². The Morgan fingerprint density at radius 1 is 0.267 bits per heavy atom. The first-order valence-corrected chi connectivity index (χ1v) is 22.2. The van der Waals surface area contributed by atoms with E-state index in [2.05, 4.69) is 63.7 Å². The van der Waals surface area contributed by atoms with Crippen LogP contribution in [0.3, 0.4) is 0 Å². The Morgan fingerprint density at radius 2 is 0.467 bits per heavy atom. The van der Waals surface area contributed by atoms with Crippen molar-refractivity contribution in [1.29, 1.82) is 0 Å². The first-order valence-electron chi connectivity index (χ1n) is 19.0. The SMILES string of the molecule is OCc1cc(OCc2cc(OCc3ccc(Br)cc3)cc(OCc3ccc(Br)cc3)c2)cc(OCc2cc(OCc3ccc(Br)cc3)cc(OCc3ccc(Br)cc3)c2)c1. The van der Waals surface area contributed by atoms with Crippen molar-refractivity contribution in [3.63, 3.8) is 0 Å². The zero-order valence-corrected chi connectivity index (χ0v) is 38.6. The second-order valence-corrected chi connectivity index (χ2v) is 17.5. The average Bonchev–Trinajstić information content (AvgIpc) is 3.27. The predicted molar refractivity (Wildman–Crippen MR) is 248 cm³/mol. The van der Waals surface area contributed by atoms with E-state index in [1.165, 1.54) is 0 Å². The molecule has 0 aliphatic carbocycles. The van der Waals surface area contributed by atoms with E-state index in [1.54, 1.807) is 12.1 Å². The molecule has 306 valence electrons. The Kier molecular flexibility index (Phi) is 15.6. The highest BCUT2D eigenvalue weighted by atomic mass is 79.9. The summed E-state index contributed by atoms with van der Waals surface area (Å²) in [6.45, 7) is 1.81. The number of aliphatic hydroxyl groups excluding tert-OH is 1. The van der Waals surface area contributed by atoms with E-state index in [0.717, 1.165) is 51.3 Å². The van der Waals surface area contributed by atoms with Crippen molar-refractivity contribution in [2.75, 3.05) is 0 Å². The average molecular weight is 1060 g/mol. The van der Waals surface area contributed by atoms with Crippen LogP contribution in [0.5, 0.6) is 34.5 Å². The number of rotatable bonds is 19. The van der Waals surface area contributed by atoms with E-state index in [0.29, 0.717) is 66.5 Å². The second kappa shape index (κ2) is 21.7. The van der Waals surface area contributed by atoms with Gasteiger partial charge in [0.2, 0.25) is 0 Å². The summed E-state index contributed by atoms with van der Waals surface area (Å²) in [7, 11) is 0. The second-order valence-electron chi connectivity index (χ2n) is 13.8. The van der Waals surface area contributed by atoms with Gasteiger partial charge in [0.15, 0.2) is 0 Å². The minimum Gasteiger partial charge on any atom is -0.489 e. The normalized spacial score (nSPS) is 10.9. The fraction of sp³-hybridized carbons (Fsp3) is 0.143. The smallest absolute Gasteiger partial charge is 0.123 e. The third-order valence-electron chi connectivity index (χ3n) is 9.09. The van der Waals surface area contributed by atoms with E-state index in [-0.39, 0.29) is 19.8 Å². The summed E-state index contributed by atoms with van der Waals surface area (Å²) < 4.78 is 41.6. The van der Waals surface area contributed by atoms with Gasteiger partial charge in [0, 0.05) is 36.1 Å². The summed E-state index contributed by atoms with van der Waals surface area (Å²) in [5.41, 5.74) is 6.50. The topological polar surface area (TPSA) is 75.6 Å². The maximum atomic E-state index is 10.2. The molecule has 11 heteroatoms. The zero-order chi connectivity index (χ0) is 41.7. The molecule has 0 unspecified atom stereocenters. The first-order chi connectivity index (χ1) is 29.2. The van der Waals surface area contributed by atoms with E-state index in [9.17, 15) is 5.11 Å². The summed E-state index contributed by atoms with van der Waals surface area (Å²) in [6.07, 6.45) is 0. The molecule has 60 heavy (non-hydrogen) atoms. The van der Waals surface area contributed by atoms with Crippen molar-refractivity contribution >= 4 is 63.7 Å². The Balaban J connectivity index is 1.05. The van der Waals surface area contributed by atoms with Crippen molar-refractivity contribution in [1.82, 2.24) is 0 Å². The van der Waals surface area contributed by atoms with Crippen molar-refractivity contribution in [2.24, 2.45) is 0 Å². The molecule has 0 saturated carbocycles. The minimum absolute atomic E-state index is 0.186. The van der Waals surface area contributed by atoms with Gasteiger partial charge in [0.1, 0.15) is 74.1 Å². The molecule has 7 nitrogen and oxygen atoms in total. The van der Waals surface area contributed by atoms with Crippen LogP contribution < -0.4 is 28.4 Å². The summed E-state index contributed by atoms with van der Waals surface area (Å²) in [4.78, 5) is 0. The number of halogens is 4. The Bertz CT molecular complexity index is 2150. The summed E-state index contributed by atoms with van der Waals surface area (Å²) >= 11 is 14.0. The molecule has 0 amide bonds. The third-order valence-corrected chi connectivity index (χ3v) is 11.2. The highest BCUT2D eigenvalue weighted by Crippen LogP contribution is 2.31. The van der Waals surface area contributed by atoms with E-state index >= 15 is 0 Å². The van der Waals surface area contributed by atoms with E-state index in [4.69, 9.17) is 28.4 Å². The number of aliphatic hydroxyl groups is 1. The molecule has 0 atom stereocenters. The van der Waals surface area contributed by atoms with Gasteiger partial charge >= 0.3 is 0 Å². The summed E-state index contributed by atoms with van der Waals surface area (Å²) in [5, 5.41) is 10.2. The van der Waals surface area contributed by atoms with Gasteiger partial charge in [0.25, 0.3) is 0 Å². The highest BCUT2D eigenvalue weighted by molar-refractivity contribution is 9.11. The van der Waals surface area contributed by atoms with Gasteiger partial charge in [-0.25, -0.2) is 0 Å². The van der Waals surface area contributed by atoms with Crippen molar-refractivity contribution in [3.8, 4) is 34.5 Å². The van der Waals surface area contributed by atoms with Crippen LogP contribution in [0.1, 0.15) is 38.9 Å². The van der Waals surface area contributed by atoms with Crippen molar-refractivity contribution in [2.45, 2.75) is 46.2 Å². The lowest BCUT2D eigenvalue weighted by molar-refractivity contribution is 0.267. The lowest BCUT2D eigenvalue weighted by atomic mass is 10.2. The minimum atomic E-state index is -0.186. The van der Waals surface area contributed by atoms with Crippen molar-refractivity contribution < 1.29 is 33.5 Å². The zero-order valence-electron chi connectivity index (χ0n) is 32.3. The predicted octanol–water partition coefficient (Wildman–Crippen LogP) is 13.7. The van der Waals surface area contributed by atoms with Crippen LogP contribution in [-0.2, 0) is 46.2 Å². The largest absolute Gasteiger partial charge is 0.489 e. The molecule has 7 aromatic carbocycles. The summed E-state index contributed by atoms with van der Waals surface area (Å²) in [6, 6.07) is 49.0. The third kappa shape index (κ3) is 13.6. The van der Waals surface area contributed by atoms with Gasteiger partial charge < -0.3 is 33.5 Å². The quantitative estimate of drug-likeness (QED) is 0.0865. The molecule has 0 bridgehead atoms. The van der Waals surface area contributed by atoms with Gasteiger partial charge in [-0.2, -0.15) is 0 Å². The van der Waals surface area contributed by atoms with Crippen LogP contribution in [0, 0.1) is 0 Å². The Hall–Kier alpha value is -4.78. The fourth-order valence-corrected chi connectivity index (χ4v) is 7.03. The number of ether oxygens (including phenoxy) is 6. The van der Waals surface area contributed by atoms with Crippen LogP contribution in [-0.4, -0.2) is 5.11 Å². The molecule has 0 aromatic heterocycles. The maximum Gasteiger partial charge on any atom is 0.123 e. The van der Waals surface area contributed by atoms with Crippen LogP contribution in [0.15, 0.2) is 170 Å². The molecule has 0 aliphatic rings. The van der Waals surface area contributed by atoms with Gasteiger partial charge in [-0.1, -0.05) is 112 Å². The number of benzene rings is 7. The molecule has 7 aromatic rings. The lowest BCUT2D eigenvalue weighted by Gasteiger charge is -2.15. The van der Waals surface area contributed by atoms with E-state index < -0.39 is 0 Å². The fourth-order valence-electron chi connectivity index (χ4n) is 5.97. The number of hydrogen-bond acceptors (Lipinski definition) is 7. The molecule has 0 heterocycles. The highest BCUT2D eigenvalue weighted by Gasteiger charge is 2.11. The molecule has 0 aliphatic heterocycles. The maximum absolute atomic E-state index is 10.2. The lowest BCUT2D eigenvalue weighted by Crippen LogP contribution is -2.03. The van der Waals surface area contributed by atoms with Crippen LogP contribution in [0.25, 0.3) is 0 Å². The molecule has 1 N–H and O–H groups in total. The van der Waals surface area contributed by atoms with E-state index in [1.807, 2.05) is 140 Å². The molecular weight excluding hydrogens is 1020 g/mol. The molecule has 0 radical (unpaired) electrons. The molecule has 7 rings (SSSR count). The number of hydrogen-bond donors (Lipinski definition) is 1. The van der Waals surface area contributed by atoms with Gasteiger partial charge in [-0.05, 0) is 124 Å².